The Morgan fingerprint density at radius 1 is 1.10 bits per heavy atom. The number of hydrogen-bond donors (Lipinski definition) is 2. The van der Waals surface area contributed by atoms with Crippen molar-refractivity contribution < 1.29 is 14.6 Å². The van der Waals surface area contributed by atoms with Gasteiger partial charge in [0.2, 0.25) is 0 Å². The molecule has 2 aromatic heterocycles. The van der Waals surface area contributed by atoms with Crippen LogP contribution >= 0.6 is 0 Å². The number of nitrogens with one attached hydrogen (secondary N) is 1. The minimum atomic E-state index is -0.278. The Kier molecular flexibility index (Phi) is 5.38. The van der Waals surface area contributed by atoms with E-state index in [1.807, 2.05) is 17.8 Å². The molecule has 30 heavy (non-hydrogen) atoms. The first-order chi connectivity index (χ1) is 14.6. The summed E-state index contributed by atoms with van der Waals surface area (Å²) in [6.07, 6.45) is 6.61. The number of aromatic nitrogens is 4. The summed E-state index contributed by atoms with van der Waals surface area (Å²) >= 11 is 0. The SMILES string of the molecule is Cn1ccnc1COc1ccc(C(=O)Nc2cnc(-c3cccc(O)c3)nc2)cc1. The summed E-state index contributed by atoms with van der Waals surface area (Å²) in [6.45, 7) is 0.345. The summed E-state index contributed by atoms with van der Waals surface area (Å²) in [5.74, 6) is 1.78. The quantitative estimate of drug-likeness (QED) is 0.513. The summed E-state index contributed by atoms with van der Waals surface area (Å²) in [4.78, 5) is 25.1. The Morgan fingerprint density at radius 3 is 2.53 bits per heavy atom. The largest absolute Gasteiger partial charge is 0.508 e. The highest BCUT2D eigenvalue weighted by molar-refractivity contribution is 6.04. The van der Waals surface area contributed by atoms with E-state index in [-0.39, 0.29) is 11.7 Å². The van der Waals surface area contributed by atoms with Crippen molar-refractivity contribution in [1.82, 2.24) is 19.5 Å². The van der Waals surface area contributed by atoms with Gasteiger partial charge in [0.1, 0.15) is 23.9 Å². The first-order valence-corrected chi connectivity index (χ1v) is 9.20. The van der Waals surface area contributed by atoms with Crippen LogP contribution in [0, 0.1) is 0 Å². The monoisotopic (exact) mass is 401 g/mol. The van der Waals surface area contributed by atoms with Crippen LogP contribution in [0.15, 0.2) is 73.3 Å². The van der Waals surface area contributed by atoms with Crippen LogP contribution in [0.4, 0.5) is 5.69 Å². The number of benzene rings is 2. The zero-order chi connectivity index (χ0) is 20.9. The molecule has 0 saturated heterocycles. The first-order valence-electron chi connectivity index (χ1n) is 9.20. The van der Waals surface area contributed by atoms with E-state index in [0.717, 1.165) is 5.82 Å². The smallest absolute Gasteiger partial charge is 0.255 e. The number of carbonyl (C=O) groups excluding carboxylic acids is 1. The van der Waals surface area contributed by atoms with Gasteiger partial charge in [-0.3, -0.25) is 4.79 Å². The Morgan fingerprint density at radius 2 is 1.87 bits per heavy atom. The zero-order valence-electron chi connectivity index (χ0n) is 16.2. The molecule has 150 valence electrons. The van der Waals surface area contributed by atoms with Gasteiger partial charge < -0.3 is 19.7 Å². The molecule has 0 spiro atoms. The van der Waals surface area contributed by atoms with Gasteiger partial charge in [0, 0.05) is 30.6 Å². The summed E-state index contributed by atoms with van der Waals surface area (Å²) in [7, 11) is 1.90. The van der Waals surface area contributed by atoms with Crippen molar-refractivity contribution in [1.29, 1.82) is 0 Å². The van der Waals surface area contributed by atoms with Gasteiger partial charge >= 0.3 is 0 Å². The lowest BCUT2D eigenvalue weighted by atomic mass is 10.2. The summed E-state index contributed by atoms with van der Waals surface area (Å²) in [5.41, 5.74) is 1.64. The van der Waals surface area contributed by atoms with E-state index in [9.17, 15) is 9.90 Å². The maximum Gasteiger partial charge on any atom is 0.255 e. The molecule has 0 fully saturated rings. The Hall–Kier alpha value is -4.20. The Balaban J connectivity index is 1.37. The van der Waals surface area contributed by atoms with Crippen molar-refractivity contribution in [3.8, 4) is 22.9 Å². The van der Waals surface area contributed by atoms with Crippen LogP contribution in [-0.4, -0.2) is 30.5 Å². The summed E-state index contributed by atoms with van der Waals surface area (Å²) in [5, 5.41) is 12.3. The van der Waals surface area contributed by atoms with Crippen molar-refractivity contribution in [3.05, 3.63) is 84.7 Å². The van der Waals surface area contributed by atoms with Gasteiger partial charge in [-0.05, 0) is 36.4 Å². The van der Waals surface area contributed by atoms with Gasteiger partial charge in [-0.15, -0.1) is 0 Å². The van der Waals surface area contributed by atoms with Gasteiger partial charge in [-0.2, -0.15) is 0 Å². The number of hydrogen-bond acceptors (Lipinski definition) is 6. The van der Waals surface area contributed by atoms with E-state index < -0.39 is 0 Å². The predicted molar refractivity (Wildman–Crippen MR) is 111 cm³/mol. The molecule has 0 aliphatic carbocycles. The zero-order valence-corrected chi connectivity index (χ0v) is 16.2. The second-order valence-electron chi connectivity index (χ2n) is 6.57. The maximum atomic E-state index is 12.5. The average molecular weight is 401 g/mol. The molecule has 8 nitrogen and oxygen atoms in total. The van der Waals surface area contributed by atoms with E-state index in [0.29, 0.717) is 35.0 Å². The van der Waals surface area contributed by atoms with Crippen LogP contribution in [0.2, 0.25) is 0 Å². The van der Waals surface area contributed by atoms with Crippen molar-refractivity contribution in [2.24, 2.45) is 7.05 Å². The van der Waals surface area contributed by atoms with Crippen LogP contribution in [0.1, 0.15) is 16.2 Å². The number of amides is 1. The highest BCUT2D eigenvalue weighted by atomic mass is 16.5. The number of ether oxygens (including phenoxy) is 1. The number of phenols is 1. The molecule has 1 amide bonds. The lowest BCUT2D eigenvalue weighted by Gasteiger charge is -2.08. The van der Waals surface area contributed by atoms with Gasteiger partial charge in [0.15, 0.2) is 5.82 Å². The van der Waals surface area contributed by atoms with Crippen LogP contribution in [-0.2, 0) is 13.7 Å². The molecule has 0 unspecified atom stereocenters. The molecule has 2 aromatic carbocycles. The number of aryl methyl sites for hydroxylation is 1. The lowest BCUT2D eigenvalue weighted by Crippen LogP contribution is -2.12. The Bertz CT molecular complexity index is 1150. The minimum Gasteiger partial charge on any atom is -0.508 e. The van der Waals surface area contributed by atoms with Crippen molar-refractivity contribution in [3.63, 3.8) is 0 Å². The van der Waals surface area contributed by atoms with E-state index in [1.165, 1.54) is 12.4 Å². The molecule has 2 N–H and O–H groups in total. The van der Waals surface area contributed by atoms with E-state index in [1.54, 1.807) is 54.7 Å². The van der Waals surface area contributed by atoms with Crippen LogP contribution in [0.5, 0.6) is 11.5 Å². The number of phenolic OH excluding ortho intramolecular Hbond substituents is 1. The third kappa shape index (κ3) is 4.44. The highest BCUT2D eigenvalue weighted by Crippen LogP contribution is 2.20. The average Bonchev–Trinajstić information content (AvgIpc) is 3.18. The summed E-state index contributed by atoms with van der Waals surface area (Å²) in [6, 6.07) is 13.5. The third-order valence-corrected chi connectivity index (χ3v) is 4.42. The molecule has 2 heterocycles. The lowest BCUT2D eigenvalue weighted by molar-refractivity contribution is 0.102. The molecule has 8 heteroatoms. The topological polar surface area (TPSA) is 102 Å². The van der Waals surface area contributed by atoms with Gasteiger partial charge in [0.25, 0.3) is 5.91 Å². The van der Waals surface area contributed by atoms with Crippen LogP contribution in [0.25, 0.3) is 11.4 Å². The highest BCUT2D eigenvalue weighted by Gasteiger charge is 2.09. The molecule has 0 aliphatic rings. The predicted octanol–water partition coefficient (Wildman–Crippen LogP) is 3.41. The molecular formula is C22H19N5O3. The molecule has 0 bridgehead atoms. The fourth-order valence-electron chi connectivity index (χ4n) is 2.78. The van der Waals surface area contributed by atoms with Crippen molar-refractivity contribution in [2.45, 2.75) is 6.61 Å². The number of aromatic hydroxyl groups is 1. The van der Waals surface area contributed by atoms with Crippen LogP contribution in [0.3, 0.4) is 0 Å². The normalized spacial score (nSPS) is 10.6. The summed E-state index contributed by atoms with van der Waals surface area (Å²) < 4.78 is 7.58. The molecule has 4 aromatic rings. The third-order valence-electron chi connectivity index (χ3n) is 4.42. The van der Waals surface area contributed by atoms with Gasteiger partial charge in [0.05, 0.1) is 18.1 Å². The van der Waals surface area contributed by atoms with Gasteiger partial charge in [-0.1, -0.05) is 12.1 Å². The first kappa shape index (κ1) is 19.1. The molecule has 4 rings (SSSR count). The van der Waals surface area contributed by atoms with E-state index in [4.69, 9.17) is 4.74 Å². The fourth-order valence-corrected chi connectivity index (χ4v) is 2.78. The van der Waals surface area contributed by atoms with E-state index >= 15 is 0 Å². The number of imidazole rings is 1. The molecule has 0 atom stereocenters. The minimum absolute atomic E-state index is 0.140. The number of anilines is 1. The molecular weight excluding hydrogens is 382 g/mol. The van der Waals surface area contributed by atoms with Crippen molar-refractivity contribution in [2.75, 3.05) is 5.32 Å². The maximum absolute atomic E-state index is 12.5. The van der Waals surface area contributed by atoms with E-state index in [2.05, 4.69) is 20.3 Å². The van der Waals surface area contributed by atoms with Crippen LogP contribution < -0.4 is 10.1 Å². The molecule has 0 saturated carbocycles. The second kappa shape index (κ2) is 8.44. The number of rotatable bonds is 6. The molecule has 0 radical (unpaired) electrons. The molecule has 0 aliphatic heterocycles. The standard InChI is InChI=1S/C22H19N5O3/c1-27-10-9-23-20(27)14-30-19-7-5-15(6-8-19)22(29)26-17-12-24-21(25-13-17)16-3-2-4-18(28)11-16/h2-13,28H,14H2,1H3,(H,26,29). The number of carbonyl (C=O) groups is 1. The Labute approximate surface area is 172 Å². The van der Waals surface area contributed by atoms with Crippen molar-refractivity contribution >= 4 is 11.6 Å². The number of nitrogens with zero attached hydrogens (tertiary/aromatic N) is 4. The second-order valence-corrected chi connectivity index (χ2v) is 6.57. The fraction of sp³-hybridized carbons (Fsp3) is 0.0909. The van der Waals surface area contributed by atoms with Gasteiger partial charge in [-0.25, -0.2) is 15.0 Å².